The van der Waals surface area contributed by atoms with Crippen LogP contribution < -0.4 is 0 Å². The van der Waals surface area contributed by atoms with Crippen molar-refractivity contribution >= 4 is 25.0 Å². The summed E-state index contributed by atoms with van der Waals surface area (Å²) in [5, 5.41) is 10.5. The van der Waals surface area contributed by atoms with Crippen molar-refractivity contribution in [3.05, 3.63) is 0 Å². The van der Waals surface area contributed by atoms with Crippen LogP contribution in [0.3, 0.4) is 0 Å². The summed E-state index contributed by atoms with van der Waals surface area (Å²) in [6.45, 7) is 21.2. The van der Waals surface area contributed by atoms with Crippen LogP contribution in [0, 0.1) is 0 Å². The fourth-order valence-electron chi connectivity index (χ4n) is 2.64. The molecule has 1 rings (SSSR count). The van der Waals surface area contributed by atoms with E-state index in [1.807, 2.05) is 6.92 Å². The lowest BCUT2D eigenvalue weighted by Gasteiger charge is -2.48. The molecule has 0 bridgehead atoms. The molecule has 0 spiro atoms. The number of hydrogen-bond acceptors (Lipinski definition) is 5. The van der Waals surface area contributed by atoms with Gasteiger partial charge in [0.25, 0.3) is 0 Å². The van der Waals surface area contributed by atoms with Gasteiger partial charge in [0.05, 0.1) is 12.2 Å². The van der Waals surface area contributed by atoms with Crippen LogP contribution in [-0.2, 0) is 18.0 Å². The van der Waals surface area contributed by atoms with Crippen LogP contribution in [-0.4, -0.2) is 60.8 Å². The molecule has 0 aliphatic carbocycles. The first-order valence-electron chi connectivity index (χ1n) is 8.46. The Morgan fingerprint density at radius 2 is 1.00 bits per heavy atom. The highest BCUT2D eigenvalue weighted by atomic mass is 28.4. The van der Waals surface area contributed by atoms with E-state index in [1.54, 1.807) is 0 Å². The van der Waals surface area contributed by atoms with E-state index in [9.17, 15) is 5.11 Å². The van der Waals surface area contributed by atoms with Crippen LogP contribution in [0.2, 0.25) is 58.9 Å². The highest BCUT2D eigenvalue weighted by Gasteiger charge is 2.49. The molecular formula is C15H36O5Si3. The smallest absolute Gasteiger partial charge is 0.184 e. The van der Waals surface area contributed by atoms with E-state index >= 15 is 0 Å². The maximum Gasteiger partial charge on any atom is 0.184 e. The maximum absolute atomic E-state index is 10.5. The van der Waals surface area contributed by atoms with Gasteiger partial charge in [-0.15, -0.1) is 0 Å². The van der Waals surface area contributed by atoms with Crippen molar-refractivity contribution in [3.63, 3.8) is 0 Å². The van der Waals surface area contributed by atoms with Gasteiger partial charge < -0.3 is 23.1 Å². The van der Waals surface area contributed by atoms with Crippen LogP contribution in [0.5, 0.6) is 0 Å². The molecule has 1 aliphatic rings. The van der Waals surface area contributed by atoms with Gasteiger partial charge >= 0.3 is 0 Å². The quantitative estimate of drug-likeness (QED) is 0.716. The molecule has 0 saturated carbocycles. The molecule has 1 fully saturated rings. The largest absolute Gasteiger partial charge is 0.409 e. The first-order valence-corrected chi connectivity index (χ1v) is 18.7. The Bertz CT molecular complexity index is 358. The van der Waals surface area contributed by atoms with E-state index in [-0.39, 0.29) is 18.3 Å². The number of rotatable bonds is 6. The summed E-state index contributed by atoms with van der Waals surface area (Å²) in [6, 6.07) is 0. The molecule has 8 heteroatoms. The molecule has 0 aromatic rings. The molecule has 1 aliphatic heterocycles. The van der Waals surface area contributed by atoms with Gasteiger partial charge in [-0.2, -0.15) is 0 Å². The van der Waals surface area contributed by atoms with Gasteiger partial charge in [0, 0.05) is 0 Å². The minimum Gasteiger partial charge on any atom is -0.409 e. The molecule has 5 unspecified atom stereocenters. The van der Waals surface area contributed by atoms with Crippen molar-refractivity contribution < 1.29 is 23.1 Å². The van der Waals surface area contributed by atoms with Gasteiger partial charge in [-0.1, -0.05) is 0 Å². The zero-order valence-electron chi connectivity index (χ0n) is 16.5. The summed E-state index contributed by atoms with van der Waals surface area (Å²) in [5.41, 5.74) is 0. The summed E-state index contributed by atoms with van der Waals surface area (Å²) >= 11 is 0. The lowest BCUT2D eigenvalue weighted by atomic mass is 10.0. The highest BCUT2D eigenvalue weighted by Crippen LogP contribution is 2.32. The molecule has 0 aromatic carbocycles. The van der Waals surface area contributed by atoms with Crippen molar-refractivity contribution in [2.75, 3.05) is 0 Å². The number of aliphatic hydroxyl groups excluding tert-OH is 1. The summed E-state index contributed by atoms with van der Waals surface area (Å²) in [4.78, 5) is 0. The minimum atomic E-state index is -1.86. The van der Waals surface area contributed by atoms with E-state index in [0.717, 1.165) is 0 Å². The summed E-state index contributed by atoms with van der Waals surface area (Å²) in [6.07, 6.45) is -2.19. The monoisotopic (exact) mass is 380 g/mol. The topological polar surface area (TPSA) is 57.2 Å². The van der Waals surface area contributed by atoms with Gasteiger partial charge in [-0.3, -0.25) is 0 Å². The Kier molecular flexibility index (Phi) is 6.88. The molecule has 1 saturated heterocycles. The van der Waals surface area contributed by atoms with Crippen LogP contribution >= 0.6 is 0 Å². The summed E-state index contributed by atoms with van der Waals surface area (Å²) in [7, 11) is -5.48. The van der Waals surface area contributed by atoms with Crippen molar-refractivity contribution in [2.45, 2.75) is 96.6 Å². The fourth-order valence-corrected chi connectivity index (χ4v) is 5.93. The molecule has 0 amide bonds. The number of ether oxygens (including phenoxy) is 1. The lowest BCUT2D eigenvalue weighted by Crippen LogP contribution is -2.64. The average molecular weight is 381 g/mol. The highest BCUT2D eigenvalue weighted by molar-refractivity contribution is 6.70. The second kappa shape index (κ2) is 7.37. The van der Waals surface area contributed by atoms with Gasteiger partial charge in [-0.25, -0.2) is 0 Å². The second-order valence-electron chi connectivity index (χ2n) is 9.32. The average Bonchev–Trinajstić information content (AvgIpc) is 2.25. The first kappa shape index (κ1) is 21.5. The van der Waals surface area contributed by atoms with E-state index in [1.165, 1.54) is 0 Å². The van der Waals surface area contributed by atoms with Crippen molar-refractivity contribution in [1.82, 2.24) is 0 Å². The Balaban J connectivity index is 3.13. The number of hydrogen-bond donors (Lipinski definition) is 1. The third-order valence-corrected chi connectivity index (χ3v) is 6.15. The van der Waals surface area contributed by atoms with Gasteiger partial charge in [0.1, 0.15) is 12.2 Å². The van der Waals surface area contributed by atoms with Crippen LogP contribution in [0.4, 0.5) is 0 Å². The summed E-state index contributed by atoms with van der Waals surface area (Å²) in [5.74, 6) is 0. The first-order chi connectivity index (χ1) is 10.1. The molecule has 5 atom stereocenters. The predicted molar refractivity (Wildman–Crippen MR) is 101 cm³/mol. The van der Waals surface area contributed by atoms with Crippen LogP contribution in [0.1, 0.15) is 6.92 Å². The zero-order chi connectivity index (χ0) is 18.2. The molecule has 1 heterocycles. The Labute approximate surface area is 145 Å². The van der Waals surface area contributed by atoms with Gasteiger partial charge in [-0.05, 0) is 65.8 Å². The van der Waals surface area contributed by atoms with Crippen molar-refractivity contribution in [3.8, 4) is 0 Å². The molecule has 138 valence electrons. The minimum absolute atomic E-state index is 0.210. The van der Waals surface area contributed by atoms with Crippen molar-refractivity contribution in [1.29, 1.82) is 0 Å². The maximum atomic E-state index is 10.5. The standard InChI is InChI=1S/C15H36O5Si3/c1-11-12(18-21(2,3)4)13(19-22(5,6)7)14(15(16)17-11)20-23(8,9)10/h11-16H,1-10H3. The van der Waals surface area contributed by atoms with Crippen LogP contribution in [0.15, 0.2) is 0 Å². The van der Waals surface area contributed by atoms with Crippen molar-refractivity contribution in [2.24, 2.45) is 0 Å². The third-order valence-electron chi connectivity index (χ3n) is 3.21. The van der Waals surface area contributed by atoms with E-state index in [4.69, 9.17) is 18.0 Å². The Morgan fingerprint density at radius 1 is 0.652 bits per heavy atom. The molecule has 23 heavy (non-hydrogen) atoms. The molecule has 0 aromatic heterocycles. The second-order valence-corrected chi connectivity index (χ2v) is 22.7. The molecular weight excluding hydrogens is 344 g/mol. The molecule has 0 radical (unpaired) electrons. The third kappa shape index (κ3) is 7.47. The Morgan fingerprint density at radius 3 is 1.39 bits per heavy atom. The van der Waals surface area contributed by atoms with E-state index < -0.39 is 37.3 Å². The predicted octanol–water partition coefficient (Wildman–Crippen LogP) is 3.38. The zero-order valence-corrected chi connectivity index (χ0v) is 19.5. The lowest BCUT2D eigenvalue weighted by molar-refractivity contribution is -0.266. The van der Waals surface area contributed by atoms with Crippen LogP contribution in [0.25, 0.3) is 0 Å². The van der Waals surface area contributed by atoms with E-state index in [2.05, 4.69) is 58.9 Å². The van der Waals surface area contributed by atoms with E-state index in [0.29, 0.717) is 0 Å². The normalized spacial score (nSPS) is 33.8. The Hall–Kier alpha value is 0.451. The summed E-state index contributed by atoms with van der Waals surface area (Å²) < 4.78 is 24.8. The molecule has 1 N–H and O–H groups in total. The fraction of sp³-hybridized carbons (Fsp3) is 1.00. The SMILES string of the molecule is CC1OC(O)C(O[Si](C)(C)C)C(O[Si](C)(C)C)C1O[Si](C)(C)C. The molecule has 5 nitrogen and oxygen atoms in total. The van der Waals surface area contributed by atoms with Gasteiger partial charge in [0.15, 0.2) is 31.2 Å². The number of aliphatic hydroxyl groups is 1. The van der Waals surface area contributed by atoms with Gasteiger partial charge in [0.2, 0.25) is 0 Å².